The fourth-order valence-electron chi connectivity index (χ4n) is 3.53. The number of benzene rings is 1. The van der Waals surface area contributed by atoms with E-state index in [1.54, 1.807) is 6.07 Å². The van der Waals surface area contributed by atoms with Gasteiger partial charge in [0.1, 0.15) is 30.1 Å². The van der Waals surface area contributed by atoms with E-state index in [0.717, 1.165) is 19.0 Å². The van der Waals surface area contributed by atoms with Crippen molar-refractivity contribution in [3.05, 3.63) is 47.9 Å². The number of hydrogen-bond acceptors (Lipinski definition) is 4. The van der Waals surface area contributed by atoms with E-state index < -0.39 is 35.2 Å². The Bertz CT molecular complexity index is 1260. The van der Waals surface area contributed by atoms with Gasteiger partial charge >= 0.3 is 0 Å². The summed E-state index contributed by atoms with van der Waals surface area (Å²) >= 11 is 0. The van der Waals surface area contributed by atoms with Crippen LogP contribution in [0.3, 0.4) is 0 Å². The number of alkyl halides is 2. The lowest BCUT2D eigenvalue weighted by molar-refractivity contribution is 0.334. The van der Waals surface area contributed by atoms with Crippen LogP contribution < -0.4 is 4.72 Å². The maximum Gasteiger partial charge on any atom is 0.242 e. The Morgan fingerprint density at radius 1 is 1.23 bits per heavy atom. The third kappa shape index (κ3) is 4.16. The standard InChI is InChI=1S/C21H19F3N4O2S/c22-8-15(9-23)27-31(29,30)16-4-5-19(26-11-16)21-18(10-25)17-7-14(24)3-6-20(17)28(21)12-13-1-2-13/h3-7,11,13,15,27H,1-2,8-9,12H2. The van der Waals surface area contributed by atoms with Crippen molar-refractivity contribution in [3.63, 3.8) is 0 Å². The van der Waals surface area contributed by atoms with Crippen molar-refractivity contribution in [3.8, 4) is 17.5 Å². The lowest BCUT2D eigenvalue weighted by atomic mass is 10.1. The molecule has 0 unspecified atom stereocenters. The highest BCUT2D eigenvalue weighted by Gasteiger charge is 2.27. The van der Waals surface area contributed by atoms with Crippen LogP contribution in [-0.4, -0.2) is 37.4 Å². The Balaban J connectivity index is 1.79. The molecule has 10 heteroatoms. The van der Waals surface area contributed by atoms with E-state index in [-0.39, 0.29) is 10.5 Å². The predicted molar refractivity (Wildman–Crippen MR) is 109 cm³/mol. The van der Waals surface area contributed by atoms with Crippen molar-refractivity contribution < 1.29 is 21.6 Å². The van der Waals surface area contributed by atoms with E-state index >= 15 is 0 Å². The SMILES string of the molecule is N#Cc1c(-c2ccc(S(=O)(=O)NC(CF)CF)cn2)n(CC2CC2)c2ccc(F)cc12. The highest BCUT2D eigenvalue weighted by Crippen LogP contribution is 2.38. The van der Waals surface area contributed by atoms with Crippen molar-refractivity contribution >= 4 is 20.9 Å². The van der Waals surface area contributed by atoms with E-state index in [1.807, 2.05) is 9.29 Å². The molecular weight excluding hydrogens is 429 g/mol. The van der Waals surface area contributed by atoms with Gasteiger partial charge in [0, 0.05) is 18.1 Å². The summed E-state index contributed by atoms with van der Waals surface area (Å²) in [4.78, 5) is 3.96. The van der Waals surface area contributed by atoms with E-state index in [4.69, 9.17) is 0 Å². The van der Waals surface area contributed by atoms with Crippen LogP contribution in [-0.2, 0) is 16.6 Å². The molecule has 4 rings (SSSR count). The summed E-state index contributed by atoms with van der Waals surface area (Å²) in [5.74, 6) is -0.0111. The number of nitriles is 1. The fourth-order valence-corrected chi connectivity index (χ4v) is 4.67. The molecule has 3 aromatic rings. The smallest absolute Gasteiger partial charge is 0.242 e. The van der Waals surface area contributed by atoms with Crippen molar-refractivity contribution in [1.82, 2.24) is 14.3 Å². The molecule has 6 nitrogen and oxygen atoms in total. The Morgan fingerprint density at radius 2 is 1.97 bits per heavy atom. The molecule has 1 saturated carbocycles. The molecule has 1 N–H and O–H groups in total. The van der Waals surface area contributed by atoms with Gasteiger partial charge < -0.3 is 4.57 Å². The molecule has 0 spiro atoms. The molecule has 2 heterocycles. The van der Waals surface area contributed by atoms with Gasteiger partial charge in [0.15, 0.2) is 0 Å². The molecule has 1 aromatic carbocycles. The summed E-state index contributed by atoms with van der Waals surface area (Å²) in [7, 11) is -4.16. The van der Waals surface area contributed by atoms with Crippen molar-refractivity contribution in [2.45, 2.75) is 30.3 Å². The number of rotatable bonds is 8. The summed E-state index contributed by atoms with van der Waals surface area (Å²) in [6.45, 7) is -1.72. The van der Waals surface area contributed by atoms with Gasteiger partial charge in [0.2, 0.25) is 10.0 Å². The number of pyridine rings is 1. The molecule has 31 heavy (non-hydrogen) atoms. The quantitative estimate of drug-likeness (QED) is 0.569. The van der Waals surface area contributed by atoms with Crippen LogP contribution >= 0.6 is 0 Å². The first-order valence-corrected chi connectivity index (χ1v) is 11.2. The normalized spacial score (nSPS) is 14.3. The summed E-state index contributed by atoms with van der Waals surface area (Å²) < 4.78 is 67.8. The third-order valence-corrected chi connectivity index (χ3v) is 6.76. The average Bonchev–Trinajstić information content (AvgIpc) is 3.53. The van der Waals surface area contributed by atoms with E-state index in [1.165, 1.54) is 24.3 Å². The molecule has 0 atom stereocenters. The summed E-state index contributed by atoms with van der Waals surface area (Å²) in [6, 6.07) is 7.61. The van der Waals surface area contributed by atoms with Crippen molar-refractivity contribution in [2.24, 2.45) is 5.92 Å². The Labute approximate surface area is 177 Å². The van der Waals surface area contributed by atoms with Crippen LogP contribution in [0, 0.1) is 23.1 Å². The van der Waals surface area contributed by atoms with Gasteiger partial charge in [0.05, 0.1) is 28.5 Å². The molecule has 0 radical (unpaired) electrons. The average molecular weight is 448 g/mol. The molecule has 0 amide bonds. The monoisotopic (exact) mass is 448 g/mol. The molecule has 0 bridgehead atoms. The predicted octanol–water partition coefficient (Wildman–Crippen LogP) is 3.71. The second kappa shape index (κ2) is 8.32. The first-order chi connectivity index (χ1) is 14.9. The zero-order valence-corrected chi connectivity index (χ0v) is 17.2. The van der Waals surface area contributed by atoms with Gasteiger partial charge in [-0.05, 0) is 49.1 Å². The molecule has 1 fully saturated rings. The van der Waals surface area contributed by atoms with Crippen LogP contribution in [0.2, 0.25) is 0 Å². The highest BCUT2D eigenvalue weighted by atomic mass is 32.2. The molecule has 0 aliphatic heterocycles. The van der Waals surface area contributed by atoms with Gasteiger partial charge in [-0.2, -0.15) is 5.26 Å². The summed E-state index contributed by atoms with van der Waals surface area (Å²) in [6.07, 6.45) is 3.19. The number of hydrogen-bond donors (Lipinski definition) is 1. The number of nitrogens with zero attached hydrogens (tertiary/aromatic N) is 3. The van der Waals surface area contributed by atoms with Gasteiger partial charge in [-0.3, -0.25) is 4.98 Å². The van der Waals surface area contributed by atoms with E-state index in [9.17, 15) is 26.9 Å². The van der Waals surface area contributed by atoms with Crippen LogP contribution in [0.1, 0.15) is 18.4 Å². The highest BCUT2D eigenvalue weighted by molar-refractivity contribution is 7.89. The molecular formula is C21H19F3N4O2S. The molecule has 0 saturated heterocycles. The first kappa shape index (κ1) is 21.3. The fraction of sp³-hybridized carbons (Fsp3) is 0.333. The second-order valence-corrected chi connectivity index (χ2v) is 9.27. The van der Waals surface area contributed by atoms with Gasteiger partial charge in [-0.15, -0.1) is 0 Å². The van der Waals surface area contributed by atoms with E-state index in [2.05, 4.69) is 11.1 Å². The first-order valence-electron chi connectivity index (χ1n) is 9.70. The number of sulfonamides is 1. The molecule has 1 aliphatic carbocycles. The van der Waals surface area contributed by atoms with Gasteiger partial charge in [0.25, 0.3) is 0 Å². The lowest BCUT2D eigenvalue weighted by Gasteiger charge is -2.13. The van der Waals surface area contributed by atoms with Crippen LogP contribution in [0.5, 0.6) is 0 Å². The molecule has 162 valence electrons. The minimum Gasteiger partial charge on any atom is -0.338 e. The summed E-state index contributed by atoms with van der Waals surface area (Å²) in [5, 5.41) is 10.2. The maximum atomic E-state index is 13.9. The number of nitrogens with one attached hydrogen (secondary N) is 1. The Hall–Kier alpha value is -2.90. The Morgan fingerprint density at radius 3 is 2.55 bits per heavy atom. The molecule has 1 aliphatic rings. The van der Waals surface area contributed by atoms with E-state index in [0.29, 0.717) is 34.8 Å². The minimum absolute atomic E-state index is 0.252. The number of halogens is 3. The number of aromatic nitrogens is 2. The zero-order valence-electron chi connectivity index (χ0n) is 16.4. The van der Waals surface area contributed by atoms with Crippen LogP contribution in [0.15, 0.2) is 41.4 Å². The maximum absolute atomic E-state index is 13.9. The zero-order chi connectivity index (χ0) is 22.2. The second-order valence-electron chi connectivity index (χ2n) is 7.56. The topological polar surface area (TPSA) is 87.8 Å². The Kier molecular flexibility index (Phi) is 5.73. The lowest BCUT2D eigenvalue weighted by Crippen LogP contribution is -2.37. The van der Waals surface area contributed by atoms with Crippen LogP contribution in [0.4, 0.5) is 13.2 Å². The minimum atomic E-state index is -4.16. The number of fused-ring (bicyclic) bond motifs is 1. The van der Waals surface area contributed by atoms with Gasteiger partial charge in [-0.25, -0.2) is 26.3 Å². The van der Waals surface area contributed by atoms with Crippen molar-refractivity contribution in [1.29, 1.82) is 5.26 Å². The molecule has 2 aromatic heterocycles. The summed E-state index contributed by atoms with van der Waals surface area (Å²) in [5.41, 5.74) is 1.79. The van der Waals surface area contributed by atoms with Gasteiger partial charge in [-0.1, -0.05) is 0 Å². The van der Waals surface area contributed by atoms with Crippen LogP contribution in [0.25, 0.3) is 22.3 Å². The third-order valence-electron chi connectivity index (χ3n) is 5.26. The largest absolute Gasteiger partial charge is 0.338 e. The van der Waals surface area contributed by atoms with Crippen molar-refractivity contribution in [2.75, 3.05) is 13.3 Å².